The molecule has 0 saturated carbocycles. The van der Waals surface area contributed by atoms with Gasteiger partial charge in [0.2, 0.25) is 0 Å². The van der Waals surface area contributed by atoms with Gasteiger partial charge in [-0.05, 0) is 44.6 Å². The molecule has 0 spiro atoms. The minimum atomic E-state index is -0.247. The molecule has 1 heterocycles. The molecule has 2 unspecified atom stereocenters. The van der Waals surface area contributed by atoms with Crippen molar-refractivity contribution >= 4 is 0 Å². The number of benzene rings is 1. The third-order valence-corrected chi connectivity index (χ3v) is 3.26. The highest BCUT2D eigenvalue weighted by Crippen LogP contribution is 2.23. The average molecular weight is 234 g/mol. The van der Waals surface area contributed by atoms with Crippen LogP contribution in [0.2, 0.25) is 0 Å². The summed E-state index contributed by atoms with van der Waals surface area (Å²) in [5, 5.41) is 13.4. The van der Waals surface area contributed by atoms with E-state index in [1.54, 1.807) is 0 Å². The van der Waals surface area contributed by atoms with Gasteiger partial charge in [-0.3, -0.25) is 0 Å². The Morgan fingerprint density at radius 2 is 2.00 bits per heavy atom. The molecule has 0 aliphatic carbocycles. The van der Waals surface area contributed by atoms with Crippen LogP contribution in [0.1, 0.15) is 30.0 Å². The quantitative estimate of drug-likeness (QED) is 0.832. The van der Waals surface area contributed by atoms with Crippen molar-refractivity contribution in [1.82, 2.24) is 10.2 Å². The fourth-order valence-corrected chi connectivity index (χ4v) is 2.41. The number of hydrogen-bond acceptors (Lipinski definition) is 3. The molecule has 94 valence electrons. The zero-order valence-electron chi connectivity index (χ0n) is 10.7. The van der Waals surface area contributed by atoms with Gasteiger partial charge < -0.3 is 15.3 Å². The van der Waals surface area contributed by atoms with Crippen LogP contribution in [0, 0.1) is 0 Å². The third-order valence-electron chi connectivity index (χ3n) is 3.26. The largest absolute Gasteiger partial charge is 0.391 e. The van der Waals surface area contributed by atoms with Crippen LogP contribution < -0.4 is 5.32 Å². The number of aliphatic hydroxyl groups is 1. The fourth-order valence-electron chi connectivity index (χ4n) is 2.41. The Balaban J connectivity index is 2.06. The van der Waals surface area contributed by atoms with Gasteiger partial charge >= 0.3 is 0 Å². The highest BCUT2D eigenvalue weighted by Gasteiger charge is 2.23. The van der Waals surface area contributed by atoms with Crippen molar-refractivity contribution in [3.8, 4) is 0 Å². The maximum Gasteiger partial charge on any atom is 0.0735 e. The second-order valence-corrected chi connectivity index (χ2v) is 5.12. The monoisotopic (exact) mass is 234 g/mol. The van der Waals surface area contributed by atoms with Crippen LogP contribution in [0.25, 0.3) is 0 Å². The smallest absolute Gasteiger partial charge is 0.0735 e. The molecule has 1 aliphatic rings. The van der Waals surface area contributed by atoms with Crippen molar-refractivity contribution in [2.75, 3.05) is 20.6 Å². The maximum atomic E-state index is 9.97. The Kier molecular flexibility index (Phi) is 4.15. The van der Waals surface area contributed by atoms with E-state index in [2.05, 4.69) is 48.6 Å². The third kappa shape index (κ3) is 3.28. The predicted octanol–water partition coefficient (Wildman–Crippen LogP) is 1.53. The first-order chi connectivity index (χ1) is 8.16. The van der Waals surface area contributed by atoms with Crippen LogP contribution in [0.15, 0.2) is 24.3 Å². The van der Waals surface area contributed by atoms with E-state index in [0.717, 1.165) is 25.9 Å². The summed E-state index contributed by atoms with van der Waals surface area (Å²) >= 11 is 0. The summed E-state index contributed by atoms with van der Waals surface area (Å²) in [5.74, 6) is 0. The van der Waals surface area contributed by atoms with Crippen LogP contribution >= 0.6 is 0 Å². The molecule has 1 aliphatic heterocycles. The van der Waals surface area contributed by atoms with Crippen LogP contribution in [-0.2, 0) is 6.54 Å². The highest BCUT2D eigenvalue weighted by molar-refractivity contribution is 5.26. The van der Waals surface area contributed by atoms with Gasteiger partial charge in [-0.1, -0.05) is 24.3 Å². The molecule has 3 heteroatoms. The zero-order chi connectivity index (χ0) is 12.3. The molecule has 0 amide bonds. The van der Waals surface area contributed by atoms with Crippen molar-refractivity contribution in [2.45, 2.75) is 31.5 Å². The molecular formula is C14H22N2O. The zero-order valence-corrected chi connectivity index (χ0v) is 10.7. The van der Waals surface area contributed by atoms with Gasteiger partial charge in [-0.25, -0.2) is 0 Å². The first-order valence-corrected chi connectivity index (χ1v) is 6.32. The lowest BCUT2D eigenvalue weighted by Gasteiger charge is -2.29. The molecule has 0 radical (unpaired) electrons. The van der Waals surface area contributed by atoms with Crippen LogP contribution in [0.4, 0.5) is 0 Å². The summed E-state index contributed by atoms with van der Waals surface area (Å²) < 4.78 is 0. The van der Waals surface area contributed by atoms with Gasteiger partial charge in [0.15, 0.2) is 0 Å². The van der Waals surface area contributed by atoms with Gasteiger partial charge in [0, 0.05) is 6.54 Å². The summed E-state index contributed by atoms with van der Waals surface area (Å²) in [6, 6.07) is 8.67. The molecule has 2 N–H and O–H groups in total. The molecule has 0 bridgehead atoms. The Morgan fingerprint density at radius 3 is 2.59 bits per heavy atom. The van der Waals surface area contributed by atoms with E-state index in [1.807, 2.05) is 0 Å². The Hall–Kier alpha value is -0.900. The van der Waals surface area contributed by atoms with Crippen molar-refractivity contribution in [3.05, 3.63) is 35.4 Å². The standard InChI is InChI=1S/C14H22N2O/c1-16(2)10-11-5-7-12(8-6-11)14-13(17)4-3-9-15-14/h5-8,13-15,17H,3-4,9-10H2,1-2H3. The summed E-state index contributed by atoms with van der Waals surface area (Å²) in [4.78, 5) is 2.16. The van der Waals surface area contributed by atoms with Gasteiger partial charge in [-0.2, -0.15) is 0 Å². The summed E-state index contributed by atoms with van der Waals surface area (Å²) in [6.07, 6.45) is 1.72. The molecule has 1 aromatic rings. The van der Waals surface area contributed by atoms with Gasteiger partial charge in [0.1, 0.15) is 0 Å². The minimum Gasteiger partial charge on any atom is -0.391 e. The Labute approximate surface area is 103 Å². The van der Waals surface area contributed by atoms with Gasteiger partial charge in [0.25, 0.3) is 0 Å². The summed E-state index contributed by atoms with van der Waals surface area (Å²) in [7, 11) is 4.14. The van der Waals surface area contributed by atoms with Crippen LogP contribution in [-0.4, -0.2) is 36.8 Å². The molecule has 1 aromatic carbocycles. The number of rotatable bonds is 3. The minimum absolute atomic E-state index is 0.108. The Morgan fingerprint density at radius 1 is 1.29 bits per heavy atom. The second-order valence-electron chi connectivity index (χ2n) is 5.12. The first kappa shape index (κ1) is 12.6. The van der Waals surface area contributed by atoms with E-state index in [1.165, 1.54) is 11.1 Å². The molecule has 2 rings (SSSR count). The van der Waals surface area contributed by atoms with Crippen molar-refractivity contribution in [3.63, 3.8) is 0 Å². The molecule has 1 saturated heterocycles. The summed E-state index contributed by atoms with van der Waals surface area (Å²) in [6.45, 7) is 1.96. The van der Waals surface area contributed by atoms with E-state index in [4.69, 9.17) is 0 Å². The van der Waals surface area contributed by atoms with Crippen molar-refractivity contribution in [2.24, 2.45) is 0 Å². The number of piperidine rings is 1. The molecular weight excluding hydrogens is 212 g/mol. The summed E-state index contributed by atoms with van der Waals surface area (Å²) in [5.41, 5.74) is 2.50. The highest BCUT2D eigenvalue weighted by atomic mass is 16.3. The lowest BCUT2D eigenvalue weighted by atomic mass is 9.94. The van der Waals surface area contributed by atoms with E-state index < -0.39 is 0 Å². The fraction of sp³-hybridized carbons (Fsp3) is 0.571. The predicted molar refractivity (Wildman–Crippen MR) is 69.8 cm³/mol. The molecule has 2 atom stereocenters. The van der Waals surface area contributed by atoms with Crippen molar-refractivity contribution in [1.29, 1.82) is 0 Å². The first-order valence-electron chi connectivity index (χ1n) is 6.32. The van der Waals surface area contributed by atoms with E-state index in [-0.39, 0.29) is 12.1 Å². The maximum absolute atomic E-state index is 9.97. The van der Waals surface area contributed by atoms with Crippen LogP contribution in [0.3, 0.4) is 0 Å². The normalized spacial score (nSPS) is 25.2. The van der Waals surface area contributed by atoms with E-state index >= 15 is 0 Å². The molecule has 3 nitrogen and oxygen atoms in total. The van der Waals surface area contributed by atoms with Gasteiger partial charge in [-0.15, -0.1) is 0 Å². The molecule has 0 aromatic heterocycles. The van der Waals surface area contributed by atoms with E-state index in [0.29, 0.717) is 0 Å². The molecule has 17 heavy (non-hydrogen) atoms. The SMILES string of the molecule is CN(C)Cc1ccc(C2NCCCC2O)cc1. The Bertz CT molecular complexity index is 348. The number of hydrogen-bond donors (Lipinski definition) is 2. The lowest BCUT2D eigenvalue weighted by molar-refractivity contribution is 0.0965. The van der Waals surface area contributed by atoms with Gasteiger partial charge in [0.05, 0.1) is 12.1 Å². The number of nitrogens with one attached hydrogen (secondary N) is 1. The average Bonchev–Trinajstić information content (AvgIpc) is 2.30. The van der Waals surface area contributed by atoms with Crippen LogP contribution in [0.5, 0.6) is 0 Å². The number of aliphatic hydroxyl groups excluding tert-OH is 1. The second kappa shape index (κ2) is 5.63. The van der Waals surface area contributed by atoms with E-state index in [9.17, 15) is 5.11 Å². The number of nitrogens with zero attached hydrogens (tertiary/aromatic N) is 1. The topological polar surface area (TPSA) is 35.5 Å². The molecule has 1 fully saturated rings. The lowest BCUT2D eigenvalue weighted by Crippen LogP contribution is -2.37. The van der Waals surface area contributed by atoms with Crippen molar-refractivity contribution < 1.29 is 5.11 Å².